The van der Waals surface area contributed by atoms with Crippen molar-refractivity contribution in [2.75, 3.05) is 6.26 Å². The van der Waals surface area contributed by atoms with Gasteiger partial charge in [0.15, 0.2) is 0 Å². The monoisotopic (exact) mass is 180 g/mol. The van der Waals surface area contributed by atoms with Gasteiger partial charge in [0.05, 0.1) is 5.70 Å². The summed E-state index contributed by atoms with van der Waals surface area (Å²) in [6.45, 7) is 4.23. The largest absolute Gasteiger partial charge is 0.257 e. The zero-order chi connectivity index (χ0) is 8.97. The van der Waals surface area contributed by atoms with Crippen LogP contribution in [0.1, 0.15) is 13.8 Å². The number of rotatable bonds is 2. The standard InChI is InChI=1S/C9H12N2S/c1-7(2)8-9(12-3)11-6-4-5-10-8/h4-5,7H,1-3H3. The Labute approximate surface area is 77.2 Å². The van der Waals surface area contributed by atoms with Gasteiger partial charge in [-0.2, -0.15) is 4.99 Å². The molecular weight excluding hydrogens is 168 g/mol. The molecular formula is C9H12N2S. The molecule has 12 heavy (non-hydrogen) atoms. The number of aliphatic imine (C=N–C) groups is 2. The molecule has 3 heteroatoms. The van der Waals surface area contributed by atoms with Crippen LogP contribution in [0.3, 0.4) is 0 Å². The lowest BCUT2D eigenvalue weighted by Gasteiger charge is -2.06. The average Bonchev–Trinajstić information content (AvgIpc) is 2.27. The average molecular weight is 180 g/mol. The SMILES string of the molecule is CSC1=C(C(C)C)N=CC=C=N1. The van der Waals surface area contributed by atoms with E-state index in [-0.39, 0.29) is 0 Å². The fraction of sp³-hybridized carbons (Fsp3) is 0.444. The Kier molecular flexibility index (Phi) is 3.32. The van der Waals surface area contributed by atoms with E-state index in [1.165, 1.54) is 0 Å². The van der Waals surface area contributed by atoms with Crippen LogP contribution in [0.2, 0.25) is 0 Å². The summed E-state index contributed by atoms with van der Waals surface area (Å²) in [6, 6.07) is 0. The molecule has 0 bridgehead atoms. The Bertz CT molecular complexity index is 281. The van der Waals surface area contributed by atoms with E-state index in [1.54, 1.807) is 24.1 Å². The second-order valence-electron chi connectivity index (χ2n) is 2.73. The first kappa shape index (κ1) is 9.30. The zero-order valence-corrected chi connectivity index (χ0v) is 8.35. The Morgan fingerprint density at radius 3 is 2.83 bits per heavy atom. The van der Waals surface area contributed by atoms with Gasteiger partial charge in [0, 0.05) is 12.3 Å². The number of thioether (sulfide) groups is 1. The predicted molar refractivity (Wildman–Crippen MR) is 55.9 cm³/mol. The number of hydrogen-bond acceptors (Lipinski definition) is 3. The van der Waals surface area contributed by atoms with Gasteiger partial charge in [0.2, 0.25) is 0 Å². The van der Waals surface area contributed by atoms with Crippen LogP contribution in [0.4, 0.5) is 0 Å². The molecule has 0 aromatic rings. The summed E-state index contributed by atoms with van der Waals surface area (Å²) in [4.78, 5) is 8.45. The maximum absolute atomic E-state index is 4.30. The smallest absolute Gasteiger partial charge is 0.127 e. The summed E-state index contributed by atoms with van der Waals surface area (Å²) >= 11 is 1.61. The minimum atomic E-state index is 0.417. The van der Waals surface area contributed by atoms with Gasteiger partial charge in [0.25, 0.3) is 0 Å². The van der Waals surface area contributed by atoms with E-state index in [1.807, 2.05) is 6.26 Å². The molecule has 0 aliphatic carbocycles. The van der Waals surface area contributed by atoms with Crippen LogP contribution in [0, 0.1) is 5.92 Å². The maximum Gasteiger partial charge on any atom is 0.127 e. The van der Waals surface area contributed by atoms with Crippen LogP contribution in [-0.2, 0) is 0 Å². The van der Waals surface area contributed by atoms with Gasteiger partial charge in [-0.15, -0.1) is 11.8 Å². The Hall–Kier alpha value is -0.790. The molecule has 0 radical (unpaired) electrons. The molecule has 1 heterocycles. The van der Waals surface area contributed by atoms with E-state index < -0.39 is 0 Å². The molecule has 0 saturated carbocycles. The summed E-state index contributed by atoms with van der Waals surface area (Å²) in [7, 11) is 0. The van der Waals surface area contributed by atoms with E-state index in [4.69, 9.17) is 0 Å². The Morgan fingerprint density at radius 2 is 2.25 bits per heavy atom. The van der Waals surface area contributed by atoms with Gasteiger partial charge in [0.1, 0.15) is 5.03 Å². The number of hydrogen-bond donors (Lipinski definition) is 0. The van der Waals surface area contributed by atoms with Crippen molar-refractivity contribution in [3.8, 4) is 0 Å². The van der Waals surface area contributed by atoms with E-state index in [0.29, 0.717) is 5.92 Å². The van der Waals surface area contributed by atoms with Crippen molar-refractivity contribution in [1.82, 2.24) is 0 Å². The molecule has 0 spiro atoms. The lowest BCUT2D eigenvalue weighted by Crippen LogP contribution is -1.93. The second-order valence-corrected chi connectivity index (χ2v) is 3.53. The second kappa shape index (κ2) is 4.29. The van der Waals surface area contributed by atoms with Crippen LogP contribution in [0.15, 0.2) is 26.8 Å². The first-order valence-corrected chi connectivity index (χ1v) is 5.08. The molecule has 0 aromatic heterocycles. The topological polar surface area (TPSA) is 24.7 Å². The lowest BCUT2D eigenvalue weighted by molar-refractivity contribution is 0.754. The highest BCUT2D eigenvalue weighted by Gasteiger charge is 2.08. The van der Waals surface area contributed by atoms with Crippen molar-refractivity contribution >= 4 is 23.8 Å². The first-order valence-electron chi connectivity index (χ1n) is 3.86. The van der Waals surface area contributed by atoms with Gasteiger partial charge >= 0.3 is 0 Å². The van der Waals surface area contributed by atoms with Crippen LogP contribution >= 0.6 is 11.8 Å². The fourth-order valence-corrected chi connectivity index (χ4v) is 1.55. The molecule has 0 aromatic carbocycles. The van der Waals surface area contributed by atoms with Crippen LogP contribution in [0.25, 0.3) is 0 Å². The van der Waals surface area contributed by atoms with E-state index in [9.17, 15) is 0 Å². The predicted octanol–water partition coefficient (Wildman–Crippen LogP) is 2.48. The summed E-state index contributed by atoms with van der Waals surface area (Å²) in [5.41, 5.74) is 1.05. The zero-order valence-electron chi connectivity index (χ0n) is 7.53. The van der Waals surface area contributed by atoms with Crippen molar-refractivity contribution in [3.05, 3.63) is 16.8 Å². The lowest BCUT2D eigenvalue weighted by atomic mass is 10.1. The van der Waals surface area contributed by atoms with Gasteiger partial charge in [-0.1, -0.05) is 13.8 Å². The molecule has 0 atom stereocenters. The molecule has 1 aliphatic heterocycles. The van der Waals surface area contributed by atoms with Gasteiger partial charge in [-0.3, -0.25) is 4.99 Å². The first-order chi connectivity index (χ1) is 5.75. The van der Waals surface area contributed by atoms with Gasteiger partial charge in [-0.25, -0.2) is 0 Å². The van der Waals surface area contributed by atoms with Crippen LogP contribution in [0.5, 0.6) is 0 Å². The normalized spacial score (nSPS) is 16.0. The minimum Gasteiger partial charge on any atom is -0.257 e. The summed E-state index contributed by atoms with van der Waals surface area (Å²) in [5.74, 6) is 3.22. The quantitative estimate of drug-likeness (QED) is 0.640. The van der Waals surface area contributed by atoms with Gasteiger partial charge < -0.3 is 0 Å². The molecule has 64 valence electrons. The highest BCUT2D eigenvalue weighted by molar-refractivity contribution is 8.02. The van der Waals surface area contributed by atoms with E-state index in [2.05, 4.69) is 29.7 Å². The van der Waals surface area contributed by atoms with Crippen molar-refractivity contribution in [1.29, 1.82) is 0 Å². The molecule has 0 fully saturated rings. The van der Waals surface area contributed by atoms with Gasteiger partial charge in [-0.05, 0) is 18.0 Å². The third kappa shape index (κ3) is 2.10. The third-order valence-electron chi connectivity index (χ3n) is 1.49. The fourth-order valence-electron chi connectivity index (χ4n) is 0.906. The molecule has 1 rings (SSSR count). The van der Waals surface area contributed by atoms with E-state index in [0.717, 1.165) is 10.7 Å². The molecule has 2 nitrogen and oxygen atoms in total. The highest BCUT2D eigenvalue weighted by atomic mass is 32.2. The number of allylic oxidation sites excluding steroid dienone is 2. The van der Waals surface area contributed by atoms with Crippen molar-refractivity contribution < 1.29 is 0 Å². The Morgan fingerprint density at radius 1 is 1.50 bits per heavy atom. The highest BCUT2D eigenvalue weighted by Crippen LogP contribution is 2.24. The van der Waals surface area contributed by atoms with Crippen molar-refractivity contribution in [3.63, 3.8) is 0 Å². The third-order valence-corrected chi connectivity index (χ3v) is 2.18. The molecule has 0 amide bonds. The number of nitrogens with zero attached hydrogens (tertiary/aromatic N) is 2. The van der Waals surface area contributed by atoms with Crippen LogP contribution < -0.4 is 0 Å². The van der Waals surface area contributed by atoms with Crippen LogP contribution in [-0.4, -0.2) is 18.3 Å². The molecule has 0 saturated heterocycles. The summed E-state index contributed by atoms with van der Waals surface area (Å²) in [5, 5.41) is 0.968. The molecule has 1 aliphatic rings. The minimum absolute atomic E-state index is 0.417. The van der Waals surface area contributed by atoms with E-state index >= 15 is 0 Å². The molecule has 0 unspecified atom stereocenters. The molecule has 0 N–H and O–H groups in total. The Balaban J connectivity index is 3.06. The maximum atomic E-state index is 4.30. The summed E-state index contributed by atoms with van der Waals surface area (Å²) in [6.07, 6.45) is 5.47. The van der Waals surface area contributed by atoms with Crippen molar-refractivity contribution in [2.45, 2.75) is 13.8 Å². The summed E-state index contributed by atoms with van der Waals surface area (Å²) < 4.78 is 0. The van der Waals surface area contributed by atoms with Crippen molar-refractivity contribution in [2.24, 2.45) is 15.9 Å².